The van der Waals surface area contributed by atoms with Crippen molar-refractivity contribution in [3.05, 3.63) is 93.4 Å². The van der Waals surface area contributed by atoms with Crippen molar-refractivity contribution >= 4 is 39.9 Å². The Morgan fingerprint density at radius 3 is 2.36 bits per heavy atom. The molecule has 1 aromatic heterocycles. The van der Waals surface area contributed by atoms with Crippen LogP contribution in [0, 0.1) is 0 Å². The number of hydrogen-bond donors (Lipinski definition) is 2. The Morgan fingerprint density at radius 1 is 1.03 bits per heavy atom. The van der Waals surface area contributed by atoms with E-state index in [4.69, 9.17) is 16.3 Å². The number of methoxy groups -OCH3 is 1. The van der Waals surface area contributed by atoms with E-state index in [1.54, 1.807) is 36.4 Å². The lowest BCUT2D eigenvalue weighted by atomic mass is 10.0. The van der Waals surface area contributed by atoms with Crippen LogP contribution in [0.1, 0.15) is 35.8 Å². The fourth-order valence-electron chi connectivity index (χ4n) is 3.72. The van der Waals surface area contributed by atoms with Crippen molar-refractivity contribution in [2.45, 2.75) is 19.8 Å². The number of fused-ring (bicyclic) bond motifs is 1. The van der Waals surface area contributed by atoms with E-state index in [0.29, 0.717) is 38.8 Å². The summed E-state index contributed by atoms with van der Waals surface area (Å²) in [6.45, 7) is 3.91. The lowest BCUT2D eigenvalue weighted by molar-refractivity contribution is -0.115. The molecule has 0 fully saturated rings. The highest BCUT2D eigenvalue weighted by Gasteiger charge is 2.19. The number of hydrogen-bond acceptors (Lipinski definition) is 5. The fraction of sp³-hybridized carbons (Fsp3) is 0.185. The number of rotatable bonds is 7. The molecule has 0 radical (unpaired) electrons. The smallest absolute Gasteiger partial charge is 0.279 e. The van der Waals surface area contributed by atoms with E-state index in [0.717, 1.165) is 10.2 Å². The highest BCUT2D eigenvalue weighted by atomic mass is 35.5. The molecule has 1 heterocycles. The molecule has 0 aliphatic carbocycles. The standard InChI is InChI=1S/C27H25ClN4O4/c1-16(2)17-8-10-18(11-9-17)30-24(33)15-29-26(34)25-20-6-4-5-7-21(20)27(35)32(31-25)19-12-13-23(36-3)22(28)14-19/h4-14,16H,15H2,1-3H3,(H,29,34)(H,30,33). The van der Waals surface area contributed by atoms with Crippen molar-refractivity contribution in [1.82, 2.24) is 15.1 Å². The summed E-state index contributed by atoms with van der Waals surface area (Å²) in [5.74, 6) is -0.157. The predicted molar refractivity (Wildman–Crippen MR) is 140 cm³/mol. The minimum Gasteiger partial charge on any atom is -0.495 e. The molecule has 0 aliphatic rings. The van der Waals surface area contributed by atoms with Crippen LogP contribution in [0.2, 0.25) is 5.02 Å². The molecule has 184 valence electrons. The van der Waals surface area contributed by atoms with Gasteiger partial charge in [0.05, 0.1) is 29.8 Å². The van der Waals surface area contributed by atoms with E-state index in [2.05, 4.69) is 29.6 Å². The number of aromatic nitrogens is 2. The largest absolute Gasteiger partial charge is 0.495 e. The lowest BCUT2D eigenvalue weighted by Gasteiger charge is -2.13. The number of carbonyl (C=O) groups is 2. The van der Waals surface area contributed by atoms with Crippen molar-refractivity contribution in [3.8, 4) is 11.4 Å². The van der Waals surface area contributed by atoms with Gasteiger partial charge in [-0.25, -0.2) is 0 Å². The number of nitrogens with zero attached hydrogens (tertiary/aromatic N) is 2. The maximum Gasteiger partial charge on any atom is 0.279 e. The van der Waals surface area contributed by atoms with Gasteiger partial charge >= 0.3 is 0 Å². The van der Waals surface area contributed by atoms with Crippen LogP contribution in [0.4, 0.5) is 5.69 Å². The van der Waals surface area contributed by atoms with Crippen LogP contribution in [0.15, 0.2) is 71.5 Å². The van der Waals surface area contributed by atoms with Crippen molar-refractivity contribution in [1.29, 1.82) is 0 Å². The molecule has 4 aromatic rings. The molecule has 0 bridgehead atoms. The summed E-state index contributed by atoms with van der Waals surface area (Å²) in [6, 6.07) is 19.0. The number of amides is 2. The maximum atomic E-state index is 13.1. The molecule has 0 spiro atoms. The molecule has 0 unspecified atom stereocenters. The third-order valence-electron chi connectivity index (χ3n) is 5.67. The normalized spacial score (nSPS) is 10.9. The quantitative estimate of drug-likeness (QED) is 0.384. The second-order valence-corrected chi connectivity index (χ2v) is 8.84. The van der Waals surface area contributed by atoms with Crippen LogP contribution in [-0.4, -0.2) is 35.2 Å². The first-order valence-corrected chi connectivity index (χ1v) is 11.7. The molecular formula is C27H25ClN4O4. The van der Waals surface area contributed by atoms with Crippen molar-refractivity contribution in [3.63, 3.8) is 0 Å². The average molecular weight is 505 g/mol. The van der Waals surface area contributed by atoms with Crippen LogP contribution in [0.5, 0.6) is 5.75 Å². The highest BCUT2D eigenvalue weighted by Crippen LogP contribution is 2.26. The summed E-state index contributed by atoms with van der Waals surface area (Å²) < 4.78 is 6.28. The Morgan fingerprint density at radius 2 is 1.72 bits per heavy atom. The van der Waals surface area contributed by atoms with Gasteiger partial charge in [-0.3, -0.25) is 14.4 Å². The zero-order valence-electron chi connectivity index (χ0n) is 20.0. The van der Waals surface area contributed by atoms with Gasteiger partial charge in [-0.05, 0) is 47.9 Å². The number of carbonyl (C=O) groups excluding carboxylic acids is 2. The monoisotopic (exact) mass is 504 g/mol. The molecule has 8 nitrogen and oxygen atoms in total. The number of ether oxygens (including phenoxy) is 1. The molecule has 2 amide bonds. The summed E-state index contributed by atoms with van der Waals surface area (Å²) in [7, 11) is 1.49. The maximum absolute atomic E-state index is 13.1. The molecular weight excluding hydrogens is 480 g/mol. The van der Waals surface area contributed by atoms with E-state index in [9.17, 15) is 14.4 Å². The summed E-state index contributed by atoms with van der Waals surface area (Å²) in [4.78, 5) is 38.7. The zero-order valence-corrected chi connectivity index (χ0v) is 20.8. The van der Waals surface area contributed by atoms with Gasteiger partial charge in [-0.15, -0.1) is 0 Å². The molecule has 9 heteroatoms. The van der Waals surface area contributed by atoms with E-state index < -0.39 is 11.5 Å². The van der Waals surface area contributed by atoms with Crippen LogP contribution in [-0.2, 0) is 4.79 Å². The summed E-state index contributed by atoms with van der Waals surface area (Å²) in [6.07, 6.45) is 0. The summed E-state index contributed by atoms with van der Waals surface area (Å²) in [5.41, 5.74) is 1.75. The molecule has 3 aromatic carbocycles. The zero-order chi connectivity index (χ0) is 25.8. The molecule has 4 rings (SSSR count). The fourth-order valence-corrected chi connectivity index (χ4v) is 3.97. The number of benzene rings is 3. The van der Waals surface area contributed by atoms with Gasteiger partial charge in [0.1, 0.15) is 5.75 Å². The van der Waals surface area contributed by atoms with Gasteiger partial charge in [0.15, 0.2) is 5.69 Å². The second-order valence-electron chi connectivity index (χ2n) is 8.44. The third kappa shape index (κ3) is 5.23. The van der Waals surface area contributed by atoms with E-state index >= 15 is 0 Å². The first-order chi connectivity index (χ1) is 17.3. The average Bonchev–Trinajstić information content (AvgIpc) is 2.88. The number of halogens is 1. The Balaban J connectivity index is 1.58. The van der Waals surface area contributed by atoms with Gasteiger partial charge in [-0.1, -0.05) is 55.8 Å². The third-order valence-corrected chi connectivity index (χ3v) is 5.97. The van der Waals surface area contributed by atoms with Crippen molar-refractivity contribution < 1.29 is 14.3 Å². The van der Waals surface area contributed by atoms with E-state index in [-0.39, 0.29) is 18.1 Å². The van der Waals surface area contributed by atoms with Crippen molar-refractivity contribution in [2.75, 3.05) is 19.0 Å². The van der Waals surface area contributed by atoms with Crippen LogP contribution in [0.3, 0.4) is 0 Å². The molecule has 0 aliphatic heterocycles. The van der Waals surface area contributed by atoms with Gasteiger partial charge in [0, 0.05) is 11.1 Å². The SMILES string of the molecule is COc1ccc(-n2nc(C(=O)NCC(=O)Nc3ccc(C(C)C)cc3)c3ccccc3c2=O)cc1Cl. The van der Waals surface area contributed by atoms with E-state index in [1.165, 1.54) is 13.2 Å². The van der Waals surface area contributed by atoms with Gasteiger partial charge < -0.3 is 15.4 Å². The Bertz CT molecular complexity index is 1500. The number of anilines is 1. The first kappa shape index (κ1) is 24.9. The van der Waals surface area contributed by atoms with Gasteiger partial charge in [-0.2, -0.15) is 9.78 Å². The Kier molecular flexibility index (Phi) is 7.36. The molecule has 2 N–H and O–H groups in total. The Hall–Kier alpha value is -4.17. The predicted octanol–water partition coefficient (Wildman–Crippen LogP) is 4.54. The van der Waals surface area contributed by atoms with Crippen LogP contribution in [0.25, 0.3) is 16.5 Å². The lowest BCUT2D eigenvalue weighted by Crippen LogP contribution is -2.35. The topological polar surface area (TPSA) is 102 Å². The van der Waals surface area contributed by atoms with Gasteiger partial charge in [0.2, 0.25) is 5.91 Å². The summed E-state index contributed by atoms with van der Waals surface area (Å²) in [5, 5.41) is 10.6. The van der Waals surface area contributed by atoms with Crippen LogP contribution >= 0.6 is 11.6 Å². The number of nitrogens with one attached hydrogen (secondary N) is 2. The van der Waals surface area contributed by atoms with Crippen molar-refractivity contribution in [2.24, 2.45) is 0 Å². The molecule has 0 saturated carbocycles. The second kappa shape index (κ2) is 10.6. The van der Waals surface area contributed by atoms with Gasteiger partial charge in [0.25, 0.3) is 11.5 Å². The minimum absolute atomic E-state index is 0.00577. The molecule has 0 saturated heterocycles. The Labute approximate surface area is 212 Å². The van der Waals surface area contributed by atoms with E-state index in [1.807, 2.05) is 24.3 Å². The van der Waals surface area contributed by atoms with Crippen LogP contribution < -0.4 is 20.9 Å². The highest BCUT2D eigenvalue weighted by molar-refractivity contribution is 6.32. The minimum atomic E-state index is -0.593. The molecule has 0 atom stereocenters. The first-order valence-electron chi connectivity index (χ1n) is 11.3. The summed E-state index contributed by atoms with van der Waals surface area (Å²) >= 11 is 6.24. The molecule has 36 heavy (non-hydrogen) atoms.